The molecule has 0 saturated heterocycles. The number of hydrogen-bond acceptors (Lipinski definition) is 7. The summed E-state index contributed by atoms with van der Waals surface area (Å²) < 4.78 is 21.9. The van der Waals surface area contributed by atoms with Gasteiger partial charge in [-0.3, -0.25) is 0 Å². The number of carbonyl (C=O) groups excluding carboxylic acids is 1. The van der Waals surface area contributed by atoms with Crippen LogP contribution in [0.3, 0.4) is 0 Å². The van der Waals surface area contributed by atoms with Crippen LogP contribution in [0.25, 0.3) is 0 Å². The lowest BCUT2D eigenvalue weighted by molar-refractivity contribution is 0.0501. The summed E-state index contributed by atoms with van der Waals surface area (Å²) in [5.41, 5.74) is 0.325. The van der Waals surface area contributed by atoms with Crippen LogP contribution in [0.2, 0.25) is 0 Å². The minimum Gasteiger partial charge on any atom is -0.615 e. The zero-order valence-electron chi connectivity index (χ0n) is 16.1. The molecule has 2 atom stereocenters. The molecule has 1 heterocycles. The van der Waals surface area contributed by atoms with Gasteiger partial charge in [0.1, 0.15) is 17.4 Å². The molecule has 0 bridgehead atoms. The van der Waals surface area contributed by atoms with Gasteiger partial charge in [-0.05, 0) is 54.9 Å². The second-order valence-electron chi connectivity index (χ2n) is 6.97. The van der Waals surface area contributed by atoms with Crippen molar-refractivity contribution in [1.82, 2.24) is 25.5 Å². The molecule has 1 amide bonds. The maximum Gasteiger partial charge on any atom is 0.408 e. The van der Waals surface area contributed by atoms with E-state index in [1.165, 1.54) is 4.80 Å². The Hall–Kier alpha value is -2.33. The van der Waals surface area contributed by atoms with E-state index in [0.717, 1.165) is 11.3 Å². The number of amides is 1. The third-order valence-corrected chi connectivity index (χ3v) is 3.96. The third-order valence-electron chi connectivity index (χ3n) is 3.37. The predicted molar refractivity (Wildman–Crippen MR) is 101 cm³/mol. The average molecular weight is 395 g/mol. The molecule has 1 N–H and O–H groups in total. The van der Waals surface area contributed by atoms with E-state index >= 15 is 0 Å². The largest absolute Gasteiger partial charge is 0.615 e. The Kier molecular flexibility index (Phi) is 7.03. The smallest absolute Gasteiger partial charge is 0.408 e. The van der Waals surface area contributed by atoms with Crippen molar-refractivity contribution < 1.29 is 18.8 Å². The van der Waals surface area contributed by atoms with Gasteiger partial charge in [0, 0.05) is 6.42 Å². The molecule has 2 aromatic rings. The highest BCUT2D eigenvalue weighted by atomic mass is 32.2. The Bertz CT molecular complexity index is 743. The highest BCUT2D eigenvalue weighted by Crippen LogP contribution is 2.19. The molecule has 1 aromatic heterocycles. The topological polar surface area (TPSA) is 114 Å². The zero-order chi connectivity index (χ0) is 20.0. The van der Waals surface area contributed by atoms with Crippen LogP contribution in [0.5, 0.6) is 5.75 Å². The average Bonchev–Trinajstić information content (AvgIpc) is 3.01. The molecule has 0 aliphatic rings. The van der Waals surface area contributed by atoms with E-state index in [1.807, 2.05) is 24.3 Å². The quantitative estimate of drug-likeness (QED) is 0.711. The molecule has 0 radical (unpaired) electrons. The lowest BCUT2D eigenvalue weighted by Crippen LogP contribution is -2.36. The Labute approximate surface area is 161 Å². The van der Waals surface area contributed by atoms with Crippen LogP contribution >= 0.6 is 0 Å². The van der Waals surface area contributed by atoms with Crippen molar-refractivity contribution in [3.8, 4) is 5.75 Å². The summed E-state index contributed by atoms with van der Waals surface area (Å²) in [6, 6.07) is 6.92. The van der Waals surface area contributed by atoms with Crippen LogP contribution in [0.1, 0.15) is 38.2 Å². The van der Waals surface area contributed by atoms with E-state index in [-0.39, 0.29) is 5.88 Å². The summed E-state index contributed by atoms with van der Waals surface area (Å²) in [6.07, 6.45) is 1.41. The number of rotatable bonds is 7. The summed E-state index contributed by atoms with van der Waals surface area (Å²) in [5.74, 6) is 1.20. The van der Waals surface area contributed by atoms with E-state index in [0.29, 0.717) is 12.2 Å². The summed E-state index contributed by atoms with van der Waals surface area (Å²) in [7, 11) is 1.60. The van der Waals surface area contributed by atoms with Crippen molar-refractivity contribution >= 4 is 17.3 Å². The number of methoxy groups -OCH3 is 1. The number of hydrogen-bond donors (Lipinski definition) is 1. The molecule has 2 rings (SSSR count). The zero-order valence-corrected chi connectivity index (χ0v) is 16.9. The van der Waals surface area contributed by atoms with Crippen molar-refractivity contribution in [1.29, 1.82) is 0 Å². The number of alkyl carbamates (subject to hydrolysis) is 1. The molecule has 0 saturated carbocycles. The van der Waals surface area contributed by atoms with Crippen LogP contribution in [0, 0.1) is 0 Å². The molecule has 10 heteroatoms. The summed E-state index contributed by atoms with van der Waals surface area (Å²) >= 11 is -1.11. The van der Waals surface area contributed by atoms with Gasteiger partial charge in [0.25, 0.3) is 0 Å². The van der Waals surface area contributed by atoms with Gasteiger partial charge in [0.05, 0.1) is 13.4 Å². The van der Waals surface area contributed by atoms with Crippen molar-refractivity contribution in [2.75, 3.05) is 13.4 Å². The van der Waals surface area contributed by atoms with Gasteiger partial charge in [-0.25, -0.2) is 4.79 Å². The first-order valence-corrected chi connectivity index (χ1v) is 10.1. The maximum atomic E-state index is 12.2. The van der Waals surface area contributed by atoms with Gasteiger partial charge in [0.2, 0.25) is 5.88 Å². The van der Waals surface area contributed by atoms with Crippen LogP contribution < -0.4 is 10.1 Å². The minimum absolute atomic E-state index is 0.134. The molecule has 0 aliphatic carbocycles. The fraction of sp³-hybridized carbons (Fsp3) is 0.529. The predicted octanol–water partition coefficient (Wildman–Crippen LogP) is 1.83. The van der Waals surface area contributed by atoms with E-state index < -0.39 is 28.9 Å². The van der Waals surface area contributed by atoms with E-state index in [2.05, 4.69) is 20.7 Å². The van der Waals surface area contributed by atoms with Gasteiger partial charge < -0.3 is 19.3 Å². The van der Waals surface area contributed by atoms with E-state index in [1.54, 1.807) is 34.1 Å². The standard InChI is InChI=1S/C17H25N5O4S/c1-17(2,3)26-16(23)18-14(10-12-6-8-13(25-4)9-7-12)15-19-21-22(20-15)11-27(5)24/h6-9,14H,10-11H2,1-5H3,(H,18,23)/t14-,27?/m0/s1. The first kappa shape index (κ1) is 21.0. The van der Waals surface area contributed by atoms with E-state index in [9.17, 15) is 9.35 Å². The molecule has 27 heavy (non-hydrogen) atoms. The Morgan fingerprint density at radius 3 is 2.56 bits per heavy atom. The molecule has 0 aliphatic heterocycles. The molecule has 1 aromatic carbocycles. The first-order chi connectivity index (χ1) is 12.7. The second-order valence-corrected chi connectivity index (χ2v) is 8.38. The third kappa shape index (κ3) is 7.06. The number of ether oxygens (including phenoxy) is 2. The summed E-state index contributed by atoms with van der Waals surface area (Å²) in [5, 5.41) is 14.9. The fourth-order valence-electron chi connectivity index (χ4n) is 2.27. The highest BCUT2D eigenvalue weighted by molar-refractivity contribution is 7.89. The molecule has 1 unspecified atom stereocenters. The maximum absolute atomic E-state index is 12.2. The van der Waals surface area contributed by atoms with Crippen molar-refractivity contribution in [2.45, 2.75) is 44.7 Å². The van der Waals surface area contributed by atoms with Gasteiger partial charge in [-0.15, -0.1) is 15.0 Å². The van der Waals surface area contributed by atoms with Crippen molar-refractivity contribution in [3.63, 3.8) is 0 Å². The van der Waals surface area contributed by atoms with Gasteiger partial charge in [-0.1, -0.05) is 12.1 Å². The Morgan fingerprint density at radius 2 is 2.00 bits per heavy atom. The van der Waals surface area contributed by atoms with Gasteiger partial charge >= 0.3 is 6.09 Å². The lowest BCUT2D eigenvalue weighted by atomic mass is 10.1. The monoisotopic (exact) mass is 395 g/mol. The number of nitrogens with one attached hydrogen (secondary N) is 1. The van der Waals surface area contributed by atoms with Crippen molar-refractivity contribution in [3.05, 3.63) is 35.7 Å². The van der Waals surface area contributed by atoms with E-state index in [4.69, 9.17) is 9.47 Å². The Morgan fingerprint density at radius 1 is 1.33 bits per heavy atom. The fourth-order valence-corrected chi connectivity index (χ4v) is 2.70. The van der Waals surface area contributed by atoms with Crippen LogP contribution in [0.4, 0.5) is 4.79 Å². The molecule has 9 nitrogen and oxygen atoms in total. The lowest BCUT2D eigenvalue weighted by Gasteiger charge is -2.22. The summed E-state index contributed by atoms with van der Waals surface area (Å²) in [6.45, 7) is 5.36. The molecule has 148 valence electrons. The number of tetrazole rings is 1. The SMILES string of the molecule is COc1ccc(C[C@H](NC(=O)OC(C)(C)C)c2nnn(C[S+](C)[O-])n2)cc1. The van der Waals surface area contributed by atoms with Crippen LogP contribution in [-0.4, -0.2) is 49.8 Å². The molecular formula is C17H25N5O4S. The normalized spacial score (nSPS) is 13.7. The van der Waals surface area contributed by atoms with Gasteiger partial charge in [-0.2, -0.15) is 0 Å². The number of benzene rings is 1. The number of carbonyl (C=O) groups is 1. The van der Waals surface area contributed by atoms with Gasteiger partial charge in [0.15, 0.2) is 5.82 Å². The van der Waals surface area contributed by atoms with Crippen molar-refractivity contribution in [2.24, 2.45) is 0 Å². The number of aromatic nitrogens is 4. The summed E-state index contributed by atoms with van der Waals surface area (Å²) in [4.78, 5) is 13.5. The molecular weight excluding hydrogens is 370 g/mol. The molecule has 0 spiro atoms. The minimum atomic E-state index is -1.11. The second kappa shape index (κ2) is 9.05. The Balaban J connectivity index is 2.18. The number of nitrogens with zero attached hydrogens (tertiary/aromatic N) is 4. The first-order valence-electron chi connectivity index (χ1n) is 8.36. The van der Waals surface area contributed by atoms with Crippen LogP contribution in [0.15, 0.2) is 24.3 Å². The highest BCUT2D eigenvalue weighted by Gasteiger charge is 2.24. The van der Waals surface area contributed by atoms with Crippen LogP contribution in [-0.2, 0) is 28.2 Å². The molecule has 0 fully saturated rings.